The van der Waals surface area contributed by atoms with E-state index in [1.54, 1.807) is 0 Å². The molecule has 0 aromatic carbocycles. The number of ether oxygens (including phenoxy) is 3. The number of carboxylic acid groups (broad SMARTS) is 1. The third-order valence-corrected chi connectivity index (χ3v) is 4.55. The molecule has 2 rings (SSSR count). The average Bonchev–Trinajstić information content (AvgIpc) is 3.32. The zero-order chi connectivity index (χ0) is 25.6. The Morgan fingerprint density at radius 2 is 1.37 bits per heavy atom. The van der Waals surface area contributed by atoms with E-state index in [0.29, 0.717) is 19.3 Å². The first-order valence-corrected chi connectivity index (χ1v) is 10.5. The van der Waals surface area contributed by atoms with Crippen LogP contribution in [-0.2, 0) is 43.0 Å². The maximum atomic E-state index is 11.2. The van der Waals surface area contributed by atoms with Gasteiger partial charge >= 0.3 is 47.5 Å². The Morgan fingerprint density at radius 3 is 1.69 bits per heavy atom. The minimum absolute atomic E-state index is 0. The van der Waals surface area contributed by atoms with E-state index in [1.807, 2.05) is 0 Å². The summed E-state index contributed by atoms with van der Waals surface area (Å²) in [7, 11) is 0. The van der Waals surface area contributed by atoms with Crippen LogP contribution in [0.1, 0.15) is 59.8 Å². The number of hydrogen-bond acceptors (Lipinski definition) is 10. The van der Waals surface area contributed by atoms with Crippen LogP contribution in [0.25, 0.3) is 0 Å². The molecular weight excluding hydrogens is 495 g/mol. The van der Waals surface area contributed by atoms with Crippen LogP contribution in [0.3, 0.4) is 0 Å². The van der Waals surface area contributed by atoms with Crippen LogP contribution >= 0.6 is 11.6 Å². The van der Waals surface area contributed by atoms with E-state index in [0.717, 1.165) is 19.3 Å². The van der Waals surface area contributed by atoms with Crippen molar-refractivity contribution in [2.24, 2.45) is 0 Å². The summed E-state index contributed by atoms with van der Waals surface area (Å²) < 4.78 is 13.6. The smallest absolute Gasteiger partial charge is 0.546 e. The molecule has 2 aliphatic rings. The Balaban J connectivity index is -0.000000465. The largest absolute Gasteiger partial charge is 1.00 e. The predicted octanol–water partition coefficient (Wildman–Crippen LogP) is -1.39. The van der Waals surface area contributed by atoms with Crippen molar-refractivity contribution in [2.45, 2.75) is 71.3 Å². The first kappa shape index (κ1) is 37.5. The van der Waals surface area contributed by atoms with Gasteiger partial charge in [-0.15, -0.1) is 11.6 Å². The number of carboxylic acids is 1. The molecule has 10 nitrogen and oxygen atoms in total. The molecule has 192 valence electrons. The maximum absolute atomic E-state index is 11.2. The molecule has 0 N–H and O–H groups in total. The number of carbonyl (C=O) groups excluding carboxylic acids is 6. The SMILES string of the molecule is C.C=C(C)C(=O)OCC(=O)OC1CCCC1=O.C=C(C)C(=O)OCC(=O)[O-].O=C1CCCC1Cl.[Na+]. The summed E-state index contributed by atoms with van der Waals surface area (Å²) in [4.78, 5) is 63.9. The Kier molecular flexibility index (Phi) is 21.7. The number of alkyl halides is 1. The minimum Gasteiger partial charge on any atom is -0.546 e. The van der Waals surface area contributed by atoms with Crippen LogP contribution in [0.5, 0.6) is 0 Å². The van der Waals surface area contributed by atoms with Crippen molar-refractivity contribution >= 4 is 47.0 Å². The zero-order valence-electron chi connectivity index (χ0n) is 19.7. The topological polar surface area (TPSA) is 153 Å². The number of carbonyl (C=O) groups is 6. The average molecular weight is 527 g/mol. The van der Waals surface area contributed by atoms with Crippen molar-refractivity contribution in [3.8, 4) is 0 Å². The van der Waals surface area contributed by atoms with Crippen LogP contribution in [0.4, 0.5) is 0 Å². The Labute approximate surface area is 232 Å². The molecule has 2 fully saturated rings. The maximum Gasteiger partial charge on any atom is 1.00 e. The van der Waals surface area contributed by atoms with Gasteiger partial charge in [0.2, 0.25) is 0 Å². The molecule has 0 aromatic heterocycles. The van der Waals surface area contributed by atoms with Gasteiger partial charge in [-0.1, -0.05) is 20.6 Å². The van der Waals surface area contributed by atoms with Gasteiger partial charge in [0.15, 0.2) is 24.3 Å². The van der Waals surface area contributed by atoms with Crippen molar-refractivity contribution in [3.63, 3.8) is 0 Å². The number of ketones is 2. The van der Waals surface area contributed by atoms with Gasteiger partial charge in [0.25, 0.3) is 0 Å². The molecule has 0 saturated heterocycles. The van der Waals surface area contributed by atoms with E-state index in [1.165, 1.54) is 13.8 Å². The molecule has 0 bridgehead atoms. The first-order valence-electron chi connectivity index (χ1n) is 10.1. The van der Waals surface area contributed by atoms with Crippen molar-refractivity contribution in [2.75, 3.05) is 13.2 Å². The van der Waals surface area contributed by atoms with Crippen molar-refractivity contribution < 1.29 is 77.6 Å². The van der Waals surface area contributed by atoms with Gasteiger partial charge in [-0.05, 0) is 39.5 Å². The van der Waals surface area contributed by atoms with Crippen molar-refractivity contribution in [1.29, 1.82) is 0 Å². The summed E-state index contributed by atoms with van der Waals surface area (Å²) >= 11 is 5.51. The van der Waals surface area contributed by atoms with Gasteiger partial charge in [-0.2, -0.15) is 0 Å². The van der Waals surface area contributed by atoms with Gasteiger partial charge in [0.05, 0.1) is 11.3 Å². The quantitative estimate of drug-likeness (QED) is 0.127. The molecule has 0 heterocycles. The van der Waals surface area contributed by atoms with Gasteiger partial charge in [0, 0.05) is 24.0 Å². The van der Waals surface area contributed by atoms with Gasteiger partial charge in [-0.25, -0.2) is 14.4 Å². The summed E-state index contributed by atoms with van der Waals surface area (Å²) in [5, 5.41) is 9.56. The zero-order valence-corrected chi connectivity index (χ0v) is 22.4. The van der Waals surface area contributed by atoms with Gasteiger partial charge < -0.3 is 24.1 Å². The van der Waals surface area contributed by atoms with E-state index in [-0.39, 0.29) is 65.1 Å². The Hall–Kier alpha value is -2.01. The molecule has 35 heavy (non-hydrogen) atoms. The molecule has 0 amide bonds. The Morgan fingerprint density at radius 1 is 0.914 bits per heavy atom. The fourth-order valence-electron chi connectivity index (χ4n) is 2.37. The Bertz CT molecular complexity index is 793. The molecule has 2 atom stereocenters. The van der Waals surface area contributed by atoms with Crippen LogP contribution in [0, 0.1) is 0 Å². The molecule has 2 aliphatic carbocycles. The number of halogens is 1. The second kappa shape index (κ2) is 20.2. The molecule has 2 unspecified atom stereocenters. The fourth-order valence-corrected chi connectivity index (χ4v) is 2.63. The molecule has 0 aromatic rings. The molecular formula is C23H32ClNaO10. The minimum atomic E-state index is -1.42. The van der Waals surface area contributed by atoms with E-state index in [4.69, 9.17) is 16.3 Å². The number of hydrogen-bond donors (Lipinski definition) is 0. The van der Waals surface area contributed by atoms with Crippen molar-refractivity contribution in [3.05, 3.63) is 24.3 Å². The normalized spacial score (nSPS) is 17.6. The third-order valence-electron chi connectivity index (χ3n) is 4.09. The standard InChI is InChI=1S/C11H14O5.C6H8O4.C5H7ClO.CH4.Na/c1-7(2)11(14)15-6-10(13)16-9-5-3-4-8(9)12;1-4(2)6(9)10-3-5(7)8;6-4-2-1-3-5(4)7;;/h9H,1,3-6H2,2H3;1,3H2,2H3,(H,7,8);4H,1-3H2;1H4;/q;;;;+1/p-1. The number of esters is 3. The monoisotopic (exact) mass is 526 g/mol. The summed E-state index contributed by atoms with van der Waals surface area (Å²) in [6.45, 7) is 8.33. The summed E-state index contributed by atoms with van der Waals surface area (Å²) in [6, 6.07) is 0. The molecule has 0 radical (unpaired) electrons. The summed E-state index contributed by atoms with van der Waals surface area (Å²) in [5.41, 5.74) is 0.381. The summed E-state index contributed by atoms with van der Waals surface area (Å²) in [5.74, 6) is -3.33. The van der Waals surface area contributed by atoms with Crippen LogP contribution < -0.4 is 34.7 Å². The van der Waals surface area contributed by atoms with Crippen LogP contribution in [0.15, 0.2) is 24.3 Å². The fraction of sp³-hybridized carbons (Fsp3) is 0.565. The molecule has 12 heteroatoms. The summed E-state index contributed by atoms with van der Waals surface area (Å²) in [6.07, 6.45) is 3.67. The number of Topliss-reactive ketones (excluding diaryl/α,β-unsaturated/α-hetero) is 2. The van der Waals surface area contributed by atoms with Gasteiger partial charge in [-0.3, -0.25) is 9.59 Å². The third kappa shape index (κ3) is 18.0. The second-order valence-electron chi connectivity index (χ2n) is 7.25. The van der Waals surface area contributed by atoms with E-state index in [2.05, 4.69) is 22.6 Å². The molecule has 0 spiro atoms. The van der Waals surface area contributed by atoms with E-state index in [9.17, 15) is 33.9 Å². The second-order valence-corrected chi connectivity index (χ2v) is 7.77. The first-order chi connectivity index (χ1) is 15.3. The van der Waals surface area contributed by atoms with Crippen LogP contribution in [-0.4, -0.2) is 60.1 Å². The van der Waals surface area contributed by atoms with Crippen LogP contribution in [0.2, 0.25) is 0 Å². The van der Waals surface area contributed by atoms with E-state index < -0.39 is 43.2 Å². The number of rotatable bonds is 7. The molecule has 2 saturated carbocycles. The predicted molar refractivity (Wildman–Crippen MR) is 121 cm³/mol. The number of aliphatic carboxylic acids is 1. The van der Waals surface area contributed by atoms with E-state index >= 15 is 0 Å². The van der Waals surface area contributed by atoms with Crippen molar-refractivity contribution in [1.82, 2.24) is 0 Å². The van der Waals surface area contributed by atoms with Gasteiger partial charge in [0.1, 0.15) is 6.61 Å². The molecule has 0 aliphatic heterocycles.